The molecule has 5 nitrogen and oxygen atoms in total. The number of carboxylic acid groups (broad SMARTS) is 1. The molecule has 0 aromatic rings. The number of carbonyl (C=O) groups excluding carboxylic acids is 1. The monoisotopic (exact) mass is 590 g/mol. The van der Waals surface area contributed by atoms with E-state index in [0.717, 1.165) is 6.42 Å². The van der Waals surface area contributed by atoms with Crippen molar-refractivity contribution in [2.75, 3.05) is 0 Å². The smallest absolute Gasteiger partial charge is 0.303 e. The Hall–Kier alpha value is -1.47. The van der Waals surface area contributed by atoms with Crippen LogP contribution in [0.2, 0.25) is 36.3 Å². The van der Waals surface area contributed by atoms with Gasteiger partial charge < -0.3 is 14.0 Å². The molecule has 1 aliphatic carbocycles. The lowest BCUT2D eigenvalue weighted by Crippen LogP contribution is -2.45. The van der Waals surface area contributed by atoms with Gasteiger partial charge in [0.1, 0.15) is 5.78 Å². The first-order valence-electron chi connectivity index (χ1n) is 15.1. The Kier molecular flexibility index (Phi) is 13.8. The molecule has 0 aromatic carbocycles. The van der Waals surface area contributed by atoms with Crippen LogP contribution in [0.3, 0.4) is 0 Å². The van der Waals surface area contributed by atoms with Crippen molar-refractivity contribution in [3.05, 3.63) is 24.3 Å². The van der Waals surface area contributed by atoms with Crippen molar-refractivity contribution in [1.29, 1.82) is 0 Å². The van der Waals surface area contributed by atoms with Gasteiger partial charge in [-0.05, 0) is 68.4 Å². The van der Waals surface area contributed by atoms with E-state index in [2.05, 4.69) is 105 Å². The number of hydrogen-bond acceptors (Lipinski definition) is 4. The van der Waals surface area contributed by atoms with Gasteiger partial charge in [-0.25, -0.2) is 0 Å². The number of unbranched alkanes of at least 4 members (excludes halogenated alkanes) is 1. The fourth-order valence-corrected chi connectivity index (χ4v) is 7.09. The molecule has 0 bridgehead atoms. The van der Waals surface area contributed by atoms with E-state index >= 15 is 0 Å². The van der Waals surface area contributed by atoms with Crippen molar-refractivity contribution in [3.8, 4) is 11.8 Å². The topological polar surface area (TPSA) is 72.8 Å². The van der Waals surface area contributed by atoms with Gasteiger partial charge in [-0.3, -0.25) is 9.59 Å². The molecule has 0 amide bonds. The number of rotatable bonds is 14. The van der Waals surface area contributed by atoms with Gasteiger partial charge in [-0.2, -0.15) is 0 Å². The molecule has 0 saturated heterocycles. The molecular formula is C33H58O5Si2. The maximum Gasteiger partial charge on any atom is 0.303 e. The van der Waals surface area contributed by atoms with Crippen LogP contribution in [0, 0.1) is 29.6 Å². The number of carbonyl (C=O) groups is 2. The van der Waals surface area contributed by atoms with Gasteiger partial charge >= 0.3 is 5.97 Å². The van der Waals surface area contributed by atoms with E-state index in [4.69, 9.17) is 14.0 Å². The molecule has 1 saturated carbocycles. The SMILES string of the molecule is CC#CC[C@H](C)[C@@H](/C=C/[C@H]1[C@H](O[Si](C)(C)C(C)(C)C)CC(=O)[C@@H]1C/C=C\CCCC(=O)O)O[Si](C)(C)C(C)(C)C. The maximum absolute atomic E-state index is 13.4. The molecule has 7 heteroatoms. The zero-order valence-electron chi connectivity index (χ0n) is 27.5. The summed E-state index contributed by atoms with van der Waals surface area (Å²) in [6.45, 7) is 26.6. The molecule has 0 unspecified atom stereocenters. The lowest BCUT2D eigenvalue weighted by atomic mass is 9.89. The highest BCUT2D eigenvalue weighted by Crippen LogP contribution is 2.43. The number of allylic oxidation sites excluding steroid dienone is 2. The maximum atomic E-state index is 13.4. The Bertz CT molecular complexity index is 956. The lowest BCUT2D eigenvalue weighted by Gasteiger charge is -2.40. The number of carboxylic acids is 1. The molecule has 40 heavy (non-hydrogen) atoms. The molecule has 228 valence electrons. The Balaban J connectivity index is 3.35. The van der Waals surface area contributed by atoms with Gasteiger partial charge in [0.05, 0.1) is 12.2 Å². The second-order valence-corrected chi connectivity index (χ2v) is 24.1. The van der Waals surface area contributed by atoms with Crippen molar-refractivity contribution in [3.63, 3.8) is 0 Å². The van der Waals surface area contributed by atoms with E-state index in [1.807, 2.05) is 13.0 Å². The minimum atomic E-state index is -2.09. The van der Waals surface area contributed by atoms with Gasteiger partial charge in [0.15, 0.2) is 16.6 Å². The molecule has 1 fully saturated rings. The molecule has 0 spiro atoms. The van der Waals surface area contributed by atoms with Gasteiger partial charge in [-0.1, -0.05) is 72.8 Å². The van der Waals surface area contributed by atoms with Crippen LogP contribution in [-0.2, 0) is 18.4 Å². The molecule has 1 N–H and O–H groups in total. The van der Waals surface area contributed by atoms with Gasteiger partial charge in [0.25, 0.3) is 0 Å². The summed E-state index contributed by atoms with van der Waals surface area (Å²) in [7, 11) is -4.13. The Morgan fingerprint density at radius 3 is 2.20 bits per heavy atom. The second-order valence-electron chi connectivity index (χ2n) is 14.6. The van der Waals surface area contributed by atoms with E-state index in [1.165, 1.54) is 0 Å². The third-order valence-corrected chi connectivity index (χ3v) is 18.2. The quantitative estimate of drug-likeness (QED) is 0.0947. The molecule has 5 atom stereocenters. The van der Waals surface area contributed by atoms with Crippen LogP contribution in [0.4, 0.5) is 0 Å². The van der Waals surface area contributed by atoms with E-state index in [-0.39, 0.29) is 52.2 Å². The molecule has 0 aromatic heterocycles. The van der Waals surface area contributed by atoms with Gasteiger partial charge in [0, 0.05) is 31.1 Å². The second kappa shape index (κ2) is 15.1. The predicted molar refractivity (Wildman–Crippen MR) is 172 cm³/mol. The third kappa shape index (κ3) is 11.1. The zero-order chi connectivity index (χ0) is 30.9. The van der Waals surface area contributed by atoms with Crippen molar-refractivity contribution in [2.45, 2.75) is 142 Å². The first kappa shape index (κ1) is 36.6. The van der Waals surface area contributed by atoms with Gasteiger partial charge in [0.2, 0.25) is 0 Å². The molecular weight excluding hydrogens is 533 g/mol. The highest BCUT2D eigenvalue weighted by Gasteiger charge is 2.47. The Labute approximate surface area is 247 Å². The summed E-state index contributed by atoms with van der Waals surface area (Å²) < 4.78 is 13.8. The average molecular weight is 591 g/mol. The Morgan fingerprint density at radius 2 is 1.68 bits per heavy atom. The summed E-state index contributed by atoms with van der Waals surface area (Å²) in [5.74, 6) is 5.79. The standard InChI is InChI=1S/C33H58O5Si2/c1-13-14-19-25(2)29(37-39(9,10)32(3,4)5)23-22-27-26(20-17-15-16-18-21-31(35)36)28(34)24-30(27)38-40(11,12)33(6,7)8/h15,17,22-23,25-27,29-30H,16,18-21,24H2,1-12H3,(H,35,36)/b17-15-,23-22+/t25-,26+,27+,29+,30+/m0/s1. The summed E-state index contributed by atoms with van der Waals surface area (Å²) in [4.78, 5) is 24.2. The third-order valence-electron chi connectivity index (χ3n) is 9.20. The van der Waals surface area contributed by atoms with E-state index in [9.17, 15) is 9.59 Å². The van der Waals surface area contributed by atoms with Crippen LogP contribution in [0.25, 0.3) is 0 Å². The molecule has 0 radical (unpaired) electrons. The van der Waals surface area contributed by atoms with E-state index in [0.29, 0.717) is 25.7 Å². The normalized spacial score (nSPS) is 22.5. The fourth-order valence-electron chi connectivity index (χ4n) is 4.39. The van der Waals surface area contributed by atoms with Crippen LogP contribution in [0.15, 0.2) is 24.3 Å². The highest BCUT2D eigenvalue weighted by molar-refractivity contribution is 6.74. The summed E-state index contributed by atoms with van der Waals surface area (Å²) in [6, 6.07) is 0. The van der Waals surface area contributed by atoms with Crippen molar-refractivity contribution in [2.24, 2.45) is 17.8 Å². The lowest BCUT2D eigenvalue weighted by molar-refractivity contribution is -0.137. The van der Waals surface area contributed by atoms with E-state index in [1.54, 1.807) is 0 Å². The number of aliphatic carboxylic acids is 1. The highest BCUT2D eigenvalue weighted by atomic mass is 28.4. The minimum absolute atomic E-state index is 0.0275. The predicted octanol–water partition coefficient (Wildman–Crippen LogP) is 8.78. The molecule has 0 heterocycles. The van der Waals surface area contributed by atoms with Crippen LogP contribution < -0.4 is 0 Å². The van der Waals surface area contributed by atoms with E-state index < -0.39 is 22.6 Å². The summed E-state index contributed by atoms with van der Waals surface area (Å²) in [6.07, 6.45) is 11.6. The average Bonchev–Trinajstić information content (AvgIpc) is 3.08. The van der Waals surface area contributed by atoms with Crippen LogP contribution in [0.1, 0.15) is 93.9 Å². The number of hydrogen-bond donors (Lipinski definition) is 1. The van der Waals surface area contributed by atoms with Crippen LogP contribution in [-0.4, -0.2) is 45.7 Å². The zero-order valence-corrected chi connectivity index (χ0v) is 29.5. The van der Waals surface area contributed by atoms with Crippen LogP contribution >= 0.6 is 0 Å². The van der Waals surface area contributed by atoms with Gasteiger partial charge in [-0.15, -0.1) is 11.8 Å². The van der Waals surface area contributed by atoms with Crippen LogP contribution in [0.5, 0.6) is 0 Å². The summed E-state index contributed by atoms with van der Waals surface area (Å²) in [5, 5.41) is 9.03. The minimum Gasteiger partial charge on any atom is -0.481 e. The first-order valence-corrected chi connectivity index (χ1v) is 20.9. The largest absolute Gasteiger partial charge is 0.481 e. The summed E-state index contributed by atoms with van der Waals surface area (Å²) >= 11 is 0. The molecule has 1 aliphatic rings. The number of Topliss-reactive ketones (excluding diaryl/α,β-unsaturated/α-hetero) is 1. The Morgan fingerprint density at radius 1 is 1.07 bits per heavy atom. The molecule has 1 rings (SSSR count). The van der Waals surface area contributed by atoms with Crippen molar-refractivity contribution >= 4 is 28.4 Å². The fraction of sp³-hybridized carbons (Fsp3) is 0.758. The first-order chi connectivity index (χ1) is 18.2. The molecule has 0 aliphatic heterocycles. The van der Waals surface area contributed by atoms with Crippen molar-refractivity contribution in [1.82, 2.24) is 0 Å². The number of ketones is 1. The summed E-state index contributed by atoms with van der Waals surface area (Å²) in [5.41, 5.74) is 0. The van der Waals surface area contributed by atoms with Crippen molar-refractivity contribution < 1.29 is 23.5 Å².